The van der Waals surface area contributed by atoms with Crippen LogP contribution in [0.25, 0.3) is 0 Å². The zero-order valence-electron chi connectivity index (χ0n) is 19.1. The summed E-state index contributed by atoms with van der Waals surface area (Å²) in [7, 11) is 0. The number of hydrogen-bond donors (Lipinski definition) is 5. The molecule has 2 rings (SSSR count). The van der Waals surface area contributed by atoms with E-state index in [2.05, 4.69) is 15.0 Å². The summed E-state index contributed by atoms with van der Waals surface area (Å²) in [4.78, 5) is 26.0. The maximum Gasteiger partial charge on any atom is 0.319 e. The fourth-order valence-corrected chi connectivity index (χ4v) is 3.86. The van der Waals surface area contributed by atoms with Crippen LogP contribution in [0, 0.1) is 24.4 Å². The molecule has 0 spiro atoms. The number of rotatable bonds is 14. The van der Waals surface area contributed by atoms with Gasteiger partial charge in [0.05, 0.1) is 18.8 Å². The Labute approximate surface area is 204 Å². The van der Waals surface area contributed by atoms with Gasteiger partial charge in [0.1, 0.15) is 23.0 Å². The van der Waals surface area contributed by atoms with Crippen molar-refractivity contribution in [1.82, 2.24) is 14.6 Å². The molecule has 6 N–H and O–H groups in total. The highest BCUT2D eigenvalue weighted by atomic mass is 32.1. The molecular weight excluding hydrogens is 491 g/mol. The highest BCUT2D eigenvalue weighted by Gasteiger charge is 2.24. The number of carbonyl (C=O) groups is 2. The van der Waals surface area contributed by atoms with Crippen LogP contribution in [0.2, 0.25) is 0 Å². The third-order valence-electron chi connectivity index (χ3n) is 4.94. The zero-order valence-corrected chi connectivity index (χ0v) is 19.9. The number of benzene rings is 1. The van der Waals surface area contributed by atoms with E-state index in [0.29, 0.717) is 50.6 Å². The Kier molecular flexibility index (Phi) is 11.2. The van der Waals surface area contributed by atoms with E-state index in [4.69, 9.17) is 20.7 Å². The maximum absolute atomic E-state index is 14.1. The third-order valence-corrected chi connectivity index (χ3v) is 5.69. The van der Waals surface area contributed by atoms with Crippen LogP contribution in [0.1, 0.15) is 34.3 Å². The summed E-state index contributed by atoms with van der Waals surface area (Å²) in [6.07, 6.45) is 1.32. The lowest BCUT2D eigenvalue weighted by Crippen LogP contribution is -2.32. The summed E-state index contributed by atoms with van der Waals surface area (Å²) >= 11 is 0.677. The molecule has 0 aliphatic rings. The van der Waals surface area contributed by atoms with Crippen molar-refractivity contribution in [2.24, 2.45) is 5.73 Å². The van der Waals surface area contributed by atoms with E-state index in [9.17, 15) is 22.8 Å². The molecular formula is C21H28F3N5O5S. The molecule has 10 nitrogen and oxygen atoms in total. The number of unbranched alkanes of at least 4 members (excludes halogenated alkanes) is 1. The lowest BCUT2D eigenvalue weighted by atomic mass is 10.1. The van der Waals surface area contributed by atoms with E-state index >= 15 is 0 Å². The Hall–Kier alpha value is -2.94. The maximum atomic E-state index is 14.1. The molecule has 0 fully saturated rings. The van der Waals surface area contributed by atoms with Gasteiger partial charge in [-0.3, -0.25) is 15.0 Å². The predicted molar refractivity (Wildman–Crippen MR) is 123 cm³/mol. The number of carbonyl (C=O) groups excluding carboxylic acids is 2. The summed E-state index contributed by atoms with van der Waals surface area (Å²) in [5.74, 6) is -5.00. The molecule has 0 saturated carbocycles. The van der Waals surface area contributed by atoms with Crippen LogP contribution < -0.4 is 21.1 Å². The number of nitrogens with zero attached hydrogens (tertiary/aromatic N) is 2. The van der Waals surface area contributed by atoms with E-state index < -0.39 is 41.6 Å². The van der Waals surface area contributed by atoms with Crippen LogP contribution in [0.5, 0.6) is 5.88 Å². The number of aliphatic hydroxyl groups is 2. The topological polar surface area (TPSA) is 150 Å². The SMILES string of the molecule is Cc1cc(F)c(COc2nsc(NC(=O)NCCCCN(CCO)CCO)c2C(N)=O)c(F)c1F. The van der Waals surface area contributed by atoms with Gasteiger partial charge < -0.3 is 26.0 Å². The van der Waals surface area contributed by atoms with Crippen LogP contribution in [0.4, 0.5) is 23.0 Å². The Morgan fingerprint density at radius 2 is 1.83 bits per heavy atom. The van der Waals surface area contributed by atoms with Gasteiger partial charge in [-0.25, -0.2) is 18.0 Å². The normalized spacial score (nSPS) is 11.1. The smallest absolute Gasteiger partial charge is 0.319 e. The fraction of sp³-hybridized carbons (Fsp3) is 0.476. The highest BCUT2D eigenvalue weighted by Crippen LogP contribution is 2.31. The summed E-state index contributed by atoms with van der Waals surface area (Å²) in [6, 6.07) is 0.185. The first-order valence-corrected chi connectivity index (χ1v) is 11.5. The Morgan fingerprint density at radius 3 is 2.46 bits per heavy atom. The lowest BCUT2D eigenvalue weighted by molar-refractivity contribution is 0.0996. The number of aryl methyl sites for hydroxylation is 1. The van der Waals surface area contributed by atoms with Gasteiger partial charge in [-0.1, -0.05) is 0 Å². The number of aliphatic hydroxyl groups excluding tert-OH is 2. The predicted octanol–water partition coefficient (Wildman–Crippen LogP) is 1.74. The number of hydrogen-bond acceptors (Lipinski definition) is 8. The van der Waals surface area contributed by atoms with E-state index in [1.165, 1.54) is 6.92 Å². The molecule has 0 atom stereocenters. The monoisotopic (exact) mass is 519 g/mol. The quantitative estimate of drug-likeness (QED) is 0.188. The van der Waals surface area contributed by atoms with Crippen LogP contribution >= 0.6 is 11.5 Å². The number of nitrogens with one attached hydrogen (secondary N) is 2. The van der Waals surface area contributed by atoms with Crippen LogP contribution in [0.15, 0.2) is 6.07 Å². The molecule has 0 aliphatic heterocycles. The molecule has 1 aromatic heterocycles. The molecule has 0 radical (unpaired) electrons. The molecule has 3 amide bonds. The van der Waals surface area contributed by atoms with Gasteiger partial charge in [0.2, 0.25) is 5.88 Å². The average Bonchev–Trinajstić information content (AvgIpc) is 3.20. The van der Waals surface area contributed by atoms with Crippen molar-refractivity contribution in [3.05, 3.63) is 40.2 Å². The van der Waals surface area contributed by atoms with Gasteiger partial charge >= 0.3 is 6.03 Å². The highest BCUT2D eigenvalue weighted by molar-refractivity contribution is 7.11. The molecule has 194 valence electrons. The van der Waals surface area contributed by atoms with Crippen LogP contribution in [-0.4, -0.2) is 70.8 Å². The van der Waals surface area contributed by atoms with Crippen molar-refractivity contribution < 1.29 is 37.7 Å². The number of halogens is 3. The molecule has 0 aliphatic carbocycles. The van der Waals surface area contributed by atoms with Gasteiger partial charge in [-0.05, 0) is 49.5 Å². The number of amides is 3. The number of primary amides is 1. The van der Waals surface area contributed by atoms with Gasteiger partial charge in [0, 0.05) is 19.6 Å². The molecule has 0 bridgehead atoms. The van der Waals surface area contributed by atoms with Crippen molar-refractivity contribution in [1.29, 1.82) is 0 Å². The van der Waals surface area contributed by atoms with Crippen LogP contribution in [0.3, 0.4) is 0 Å². The summed E-state index contributed by atoms with van der Waals surface area (Å²) in [6.45, 7) is 2.25. The standard InChI is InChI=1S/C21H28F3N5O5S/c1-12-10-14(22)13(17(24)16(12)23)11-34-19-15(18(25)32)20(35-28-19)27-21(33)26-4-2-3-5-29(6-8-30)7-9-31/h10,30-31H,2-9,11H2,1H3,(H2,25,32)(H2,26,27,33). The second kappa shape index (κ2) is 13.8. The van der Waals surface area contributed by atoms with E-state index in [1.807, 2.05) is 4.90 Å². The van der Waals surface area contributed by atoms with Gasteiger partial charge in [-0.15, -0.1) is 0 Å². The molecule has 1 heterocycles. The van der Waals surface area contributed by atoms with Crippen molar-refractivity contribution in [3.63, 3.8) is 0 Å². The Balaban J connectivity index is 1.93. The molecule has 35 heavy (non-hydrogen) atoms. The van der Waals surface area contributed by atoms with Crippen molar-refractivity contribution in [3.8, 4) is 5.88 Å². The first-order valence-electron chi connectivity index (χ1n) is 10.7. The second-order valence-electron chi connectivity index (χ2n) is 7.50. The minimum atomic E-state index is -1.41. The van der Waals surface area contributed by atoms with Gasteiger partial charge in [0.15, 0.2) is 11.6 Å². The third kappa shape index (κ3) is 8.06. The minimum absolute atomic E-state index is 0.0187. The first-order chi connectivity index (χ1) is 16.7. The van der Waals surface area contributed by atoms with Gasteiger partial charge in [-0.2, -0.15) is 4.37 Å². The molecule has 0 unspecified atom stereocenters. The summed E-state index contributed by atoms with van der Waals surface area (Å²) in [5, 5.41) is 23.0. The number of anilines is 1. The minimum Gasteiger partial charge on any atom is -0.471 e. The molecule has 0 saturated heterocycles. The Bertz CT molecular complexity index is 1020. The first kappa shape index (κ1) is 28.3. The number of urea groups is 1. The molecule has 14 heteroatoms. The average molecular weight is 520 g/mol. The van der Waals surface area contributed by atoms with E-state index in [0.717, 1.165) is 6.07 Å². The lowest BCUT2D eigenvalue weighted by Gasteiger charge is -2.19. The second-order valence-corrected chi connectivity index (χ2v) is 8.28. The largest absolute Gasteiger partial charge is 0.471 e. The number of ether oxygens (including phenoxy) is 1. The van der Waals surface area contributed by atoms with Crippen molar-refractivity contribution in [2.75, 3.05) is 44.7 Å². The van der Waals surface area contributed by atoms with Crippen molar-refractivity contribution >= 4 is 28.5 Å². The molecule has 2 aromatic rings. The van der Waals surface area contributed by atoms with E-state index in [-0.39, 0.29) is 35.2 Å². The number of nitrogens with two attached hydrogens (primary N) is 1. The number of aromatic nitrogens is 1. The fourth-order valence-electron chi connectivity index (χ4n) is 3.13. The summed E-state index contributed by atoms with van der Waals surface area (Å²) in [5.41, 5.74) is 4.18. The summed E-state index contributed by atoms with van der Waals surface area (Å²) < 4.78 is 50.9. The molecule has 1 aromatic carbocycles. The van der Waals surface area contributed by atoms with Gasteiger partial charge in [0.25, 0.3) is 5.91 Å². The Morgan fingerprint density at radius 1 is 1.14 bits per heavy atom. The zero-order chi connectivity index (χ0) is 26.0. The van der Waals surface area contributed by atoms with Crippen molar-refractivity contribution in [2.45, 2.75) is 26.4 Å². The van der Waals surface area contributed by atoms with Crippen LogP contribution in [-0.2, 0) is 6.61 Å². The van der Waals surface area contributed by atoms with E-state index in [1.54, 1.807) is 0 Å².